The highest BCUT2D eigenvalue weighted by molar-refractivity contribution is 7.90. The fourth-order valence-corrected chi connectivity index (χ4v) is 13.6. The molecule has 0 aliphatic heterocycles. The van der Waals surface area contributed by atoms with Crippen molar-refractivity contribution in [2.45, 2.75) is 76.1 Å². The van der Waals surface area contributed by atoms with E-state index in [1.807, 2.05) is 0 Å². The maximum Gasteiger partial charge on any atom is 0.511 e. The molecule has 1 heterocycles. The Hall–Kier alpha value is -3.43. The van der Waals surface area contributed by atoms with Crippen molar-refractivity contribution in [1.29, 1.82) is 0 Å². The van der Waals surface area contributed by atoms with Gasteiger partial charge in [-0.3, -0.25) is 4.79 Å². The van der Waals surface area contributed by atoms with Gasteiger partial charge in [0.25, 0.3) is 0 Å². The topological polar surface area (TPSA) is 130 Å². The summed E-state index contributed by atoms with van der Waals surface area (Å²) in [5.74, 6) is -2.50. The number of esters is 3. The first-order valence-corrected chi connectivity index (χ1v) is 17.8. The van der Waals surface area contributed by atoms with Crippen LogP contribution in [0.5, 0.6) is 0 Å². The molecule has 0 saturated carbocycles. The number of sulfonamides is 1. The Morgan fingerprint density at radius 3 is 1.84 bits per heavy atom. The number of nitrogens with one attached hydrogen (secondary N) is 1. The second-order valence-electron chi connectivity index (χ2n) is 11.4. The first kappa shape index (κ1) is 37.8. The van der Waals surface area contributed by atoms with Gasteiger partial charge in [-0.25, -0.2) is 18.0 Å². The number of halogens is 3. The molecular weight excluding hydrogens is 633 g/mol. The van der Waals surface area contributed by atoms with Gasteiger partial charge < -0.3 is 18.4 Å². The van der Waals surface area contributed by atoms with Gasteiger partial charge in [-0.05, 0) is 63.8 Å². The van der Waals surface area contributed by atoms with E-state index in [4.69, 9.17) is 14.2 Å². The van der Waals surface area contributed by atoms with Gasteiger partial charge in [0.1, 0.15) is 6.04 Å². The molecule has 10 nitrogen and oxygen atoms in total. The number of alkyl halides is 3. The summed E-state index contributed by atoms with van der Waals surface area (Å²) in [5, 5.41) is 0.476. The quantitative estimate of drug-likeness (QED) is 0.127. The third kappa shape index (κ3) is 8.05. The minimum Gasteiger partial charge on any atom is -0.468 e. The Bertz CT molecular complexity index is 1560. The molecular formula is C30H41F3N2O8SSi. The number of benzene rings is 1. The molecule has 0 aliphatic rings. The largest absolute Gasteiger partial charge is 0.511 e. The van der Waals surface area contributed by atoms with E-state index in [2.05, 4.69) is 45.8 Å². The smallest absolute Gasteiger partial charge is 0.468 e. The minimum absolute atomic E-state index is 0.143. The van der Waals surface area contributed by atoms with Crippen LogP contribution in [0.15, 0.2) is 30.5 Å². The summed E-state index contributed by atoms with van der Waals surface area (Å²) < 4.78 is 82.0. The Morgan fingerprint density at radius 2 is 1.40 bits per heavy atom. The number of hydrogen-bond donors (Lipinski definition) is 1. The highest BCUT2D eigenvalue weighted by atomic mass is 32.2. The van der Waals surface area contributed by atoms with Gasteiger partial charge in [0, 0.05) is 29.5 Å². The van der Waals surface area contributed by atoms with Gasteiger partial charge in [0.05, 0.1) is 21.3 Å². The fourth-order valence-electron chi connectivity index (χ4n) is 6.29. The van der Waals surface area contributed by atoms with Crippen molar-refractivity contribution in [1.82, 2.24) is 8.95 Å². The van der Waals surface area contributed by atoms with Crippen LogP contribution in [0, 0.1) is 0 Å². The molecule has 0 aliphatic carbocycles. The molecule has 250 valence electrons. The van der Waals surface area contributed by atoms with Crippen molar-refractivity contribution in [3.8, 4) is 0 Å². The Morgan fingerprint density at radius 1 is 0.889 bits per heavy atom. The first-order chi connectivity index (χ1) is 20.8. The maximum atomic E-state index is 13.4. The number of carbonyl (C=O) groups excluding carboxylic acids is 3. The number of rotatable bonds is 13. The van der Waals surface area contributed by atoms with Gasteiger partial charge in [-0.1, -0.05) is 41.5 Å². The zero-order valence-corrected chi connectivity index (χ0v) is 28.6. The summed E-state index contributed by atoms with van der Waals surface area (Å²) in [6, 6.07) is 1.52. The van der Waals surface area contributed by atoms with Gasteiger partial charge in [-0.2, -0.15) is 17.9 Å². The highest BCUT2D eigenvalue weighted by Gasteiger charge is 2.49. The van der Waals surface area contributed by atoms with E-state index in [0.717, 1.165) is 13.2 Å². The van der Waals surface area contributed by atoms with Crippen LogP contribution < -0.4 is 4.72 Å². The highest BCUT2D eigenvalue weighted by Crippen LogP contribution is 2.46. The van der Waals surface area contributed by atoms with Crippen molar-refractivity contribution >= 4 is 59.2 Å². The lowest BCUT2D eigenvalue weighted by Gasteiger charge is -2.44. The zero-order chi connectivity index (χ0) is 34.5. The predicted molar refractivity (Wildman–Crippen MR) is 168 cm³/mol. The molecule has 0 spiro atoms. The van der Waals surface area contributed by atoms with Gasteiger partial charge in [0.15, 0.2) is 8.24 Å². The summed E-state index contributed by atoms with van der Waals surface area (Å²) >= 11 is 0. The van der Waals surface area contributed by atoms with Crippen molar-refractivity contribution in [3.63, 3.8) is 0 Å². The van der Waals surface area contributed by atoms with Crippen molar-refractivity contribution in [2.75, 3.05) is 21.3 Å². The molecule has 2 rings (SSSR count). The molecule has 0 amide bonds. The molecule has 1 aromatic heterocycles. The average Bonchev–Trinajstić information content (AvgIpc) is 3.30. The molecule has 1 N–H and O–H groups in total. The molecule has 0 saturated heterocycles. The zero-order valence-electron chi connectivity index (χ0n) is 26.8. The lowest BCUT2D eigenvalue weighted by molar-refractivity contribution is -0.142. The van der Waals surface area contributed by atoms with Gasteiger partial charge in [0.2, 0.25) is 0 Å². The van der Waals surface area contributed by atoms with E-state index in [0.29, 0.717) is 27.6 Å². The van der Waals surface area contributed by atoms with Crippen LogP contribution >= 0.6 is 0 Å². The van der Waals surface area contributed by atoms with Crippen LogP contribution in [-0.4, -0.2) is 71.7 Å². The number of nitrogens with zero attached hydrogens (tertiary/aromatic N) is 1. The standard InChI is InChI=1S/C30H41F3N2O8SSi/c1-18(2)45(19(3)4,20(5)6)35-17-23(16-24(29(38)43-9)34-44(39,40)30(31,32)33)28-22(11-13-27(37)42-8)14-21(15-25(28)35)10-12-26(36)41-7/h10-15,17-20,24,34H,16H2,1-9H3/b12-10+,13-11+/t24-/m0/s1. The number of aromatic nitrogens is 1. The van der Waals surface area contributed by atoms with Crippen LogP contribution in [-0.2, 0) is 45.0 Å². The molecule has 1 aromatic carbocycles. The minimum atomic E-state index is -5.92. The molecule has 0 fully saturated rings. The maximum absolute atomic E-state index is 13.4. The predicted octanol–water partition coefficient (Wildman–Crippen LogP) is 5.56. The van der Waals surface area contributed by atoms with Crippen LogP contribution in [0.4, 0.5) is 13.2 Å². The monoisotopic (exact) mass is 674 g/mol. The van der Waals surface area contributed by atoms with E-state index in [1.54, 1.807) is 18.3 Å². The normalized spacial score (nSPS) is 13.8. The molecule has 2 aromatic rings. The molecule has 15 heteroatoms. The fraction of sp³-hybridized carbons (Fsp3) is 0.500. The summed E-state index contributed by atoms with van der Waals surface area (Å²) in [6.45, 7) is 12.6. The van der Waals surface area contributed by atoms with Crippen molar-refractivity contribution in [3.05, 3.63) is 47.2 Å². The Kier molecular flexibility index (Phi) is 12.4. The van der Waals surface area contributed by atoms with Crippen LogP contribution in [0.1, 0.15) is 58.2 Å². The molecule has 0 radical (unpaired) electrons. The average molecular weight is 675 g/mol. The number of ether oxygens (including phenoxy) is 3. The second kappa shape index (κ2) is 14.8. The van der Waals surface area contributed by atoms with Gasteiger partial charge >= 0.3 is 33.4 Å². The molecule has 1 atom stereocenters. The van der Waals surface area contributed by atoms with Crippen molar-refractivity contribution < 1.29 is 50.2 Å². The van der Waals surface area contributed by atoms with Gasteiger partial charge in [-0.15, -0.1) is 0 Å². The first-order valence-electron chi connectivity index (χ1n) is 14.1. The third-order valence-corrected chi connectivity index (χ3v) is 15.9. The summed E-state index contributed by atoms with van der Waals surface area (Å²) in [6.07, 6.45) is 6.62. The van der Waals surface area contributed by atoms with E-state index < -0.39 is 54.1 Å². The number of methoxy groups -OCH3 is 3. The van der Waals surface area contributed by atoms with E-state index in [-0.39, 0.29) is 16.6 Å². The van der Waals surface area contributed by atoms with Crippen molar-refractivity contribution in [2.24, 2.45) is 0 Å². The number of fused-ring (bicyclic) bond motifs is 1. The summed E-state index contributed by atoms with van der Waals surface area (Å²) in [7, 11) is -5.16. The third-order valence-electron chi connectivity index (χ3n) is 7.95. The van der Waals surface area contributed by atoms with E-state index >= 15 is 0 Å². The summed E-state index contributed by atoms with van der Waals surface area (Å²) in [5.41, 5.74) is -3.30. The SMILES string of the molecule is COC(=O)/C=C/c1cc(/C=C/C(=O)OC)c2c(C[C@H](NS(=O)(=O)C(F)(F)F)C(=O)OC)cn([Si](C(C)C)(C(C)C)C(C)C)c2c1. The molecule has 0 unspecified atom stereocenters. The summed E-state index contributed by atoms with van der Waals surface area (Å²) in [4.78, 5) is 36.7. The van der Waals surface area contributed by atoms with Crippen LogP contribution in [0.25, 0.3) is 23.1 Å². The number of hydrogen-bond acceptors (Lipinski definition) is 8. The van der Waals surface area contributed by atoms with E-state index in [9.17, 15) is 36.0 Å². The molecule has 0 bridgehead atoms. The molecule has 45 heavy (non-hydrogen) atoms. The lowest BCUT2D eigenvalue weighted by atomic mass is 9.98. The Labute approximate surface area is 262 Å². The van der Waals surface area contributed by atoms with E-state index in [1.165, 1.54) is 37.2 Å². The lowest BCUT2D eigenvalue weighted by Crippen LogP contribution is -2.51. The Balaban J connectivity index is 3.13. The second-order valence-corrected chi connectivity index (χ2v) is 18.9. The van der Waals surface area contributed by atoms with Crippen LogP contribution in [0.2, 0.25) is 16.6 Å². The van der Waals surface area contributed by atoms with Crippen LogP contribution in [0.3, 0.4) is 0 Å². The number of carbonyl (C=O) groups is 3.